The van der Waals surface area contributed by atoms with Crippen LogP contribution in [0.4, 0.5) is 5.69 Å². The number of methoxy groups -OCH3 is 2. The van der Waals surface area contributed by atoms with Crippen LogP contribution in [0.5, 0.6) is 11.5 Å². The Kier molecular flexibility index (Phi) is 7.92. The van der Waals surface area contributed by atoms with E-state index < -0.39 is 5.97 Å². The fraction of sp³-hybridized carbons (Fsp3) is 0.148. The molecule has 184 valence electrons. The Morgan fingerprint density at radius 1 is 0.889 bits per heavy atom. The van der Waals surface area contributed by atoms with Gasteiger partial charge in [-0.15, -0.1) is 0 Å². The molecule has 0 aliphatic heterocycles. The number of nitrogens with zero attached hydrogens (tertiary/aromatic N) is 1. The van der Waals surface area contributed by atoms with Crippen molar-refractivity contribution in [2.24, 2.45) is 0 Å². The van der Waals surface area contributed by atoms with Gasteiger partial charge in [-0.2, -0.15) is 0 Å². The molecule has 0 aliphatic carbocycles. The minimum Gasteiger partial charge on any atom is -0.497 e. The van der Waals surface area contributed by atoms with E-state index in [2.05, 4.69) is 10.3 Å². The first-order chi connectivity index (χ1) is 17.5. The lowest BCUT2D eigenvalue weighted by molar-refractivity contribution is -0.115. The average Bonchev–Trinajstić information content (AvgIpc) is 3.33. The van der Waals surface area contributed by atoms with Crippen LogP contribution in [0.15, 0.2) is 78.0 Å². The molecular formula is C27H25N3O5S. The van der Waals surface area contributed by atoms with Gasteiger partial charge in [0.25, 0.3) is 0 Å². The van der Waals surface area contributed by atoms with Crippen molar-refractivity contribution in [1.82, 2.24) is 9.97 Å². The number of aromatic nitrogens is 2. The highest BCUT2D eigenvalue weighted by atomic mass is 32.2. The summed E-state index contributed by atoms with van der Waals surface area (Å²) in [6.07, 6.45) is 0.266. The second-order valence-electron chi connectivity index (χ2n) is 7.75. The molecule has 0 radical (unpaired) electrons. The Morgan fingerprint density at radius 3 is 2.03 bits per heavy atom. The van der Waals surface area contributed by atoms with E-state index in [0.29, 0.717) is 16.6 Å². The van der Waals surface area contributed by atoms with Crippen molar-refractivity contribution >= 4 is 29.3 Å². The summed E-state index contributed by atoms with van der Waals surface area (Å²) >= 11 is 1.45. The molecule has 3 N–H and O–H groups in total. The molecule has 0 spiro atoms. The number of carboxylic acids is 1. The molecule has 4 aromatic rings. The van der Waals surface area contributed by atoms with Crippen molar-refractivity contribution in [2.45, 2.75) is 11.6 Å². The summed E-state index contributed by atoms with van der Waals surface area (Å²) in [5.41, 5.74) is 4.29. The smallest absolute Gasteiger partial charge is 0.335 e. The Bertz CT molecular complexity index is 1270. The normalized spacial score (nSPS) is 10.6. The van der Waals surface area contributed by atoms with Gasteiger partial charge in [0.05, 0.1) is 31.2 Å². The first kappa shape index (κ1) is 24.9. The number of carbonyl (C=O) groups excluding carboxylic acids is 1. The molecule has 8 nitrogen and oxygen atoms in total. The third kappa shape index (κ3) is 6.05. The number of carboxylic acid groups (broad SMARTS) is 1. The van der Waals surface area contributed by atoms with E-state index in [9.17, 15) is 9.59 Å². The summed E-state index contributed by atoms with van der Waals surface area (Å²) in [5.74, 6) is 0.867. The highest BCUT2D eigenvalue weighted by Crippen LogP contribution is 2.34. The molecule has 0 saturated carbocycles. The lowest BCUT2D eigenvalue weighted by atomic mass is 10.0. The van der Waals surface area contributed by atoms with Crippen LogP contribution in [-0.2, 0) is 4.79 Å². The monoisotopic (exact) mass is 503 g/mol. The second-order valence-corrected chi connectivity index (χ2v) is 8.84. The third-order valence-electron chi connectivity index (χ3n) is 5.41. The van der Waals surface area contributed by atoms with Crippen molar-refractivity contribution in [3.05, 3.63) is 78.4 Å². The van der Waals surface area contributed by atoms with Gasteiger partial charge in [-0.3, -0.25) is 4.79 Å². The van der Waals surface area contributed by atoms with Gasteiger partial charge in [0.15, 0.2) is 5.16 Å². The van der Waals surface area contributed by atoms with Crippen LogP contribution >= 0.6 is 11.8 Å². The average molecular weight is 504 g/mol. The highest BCUT2D eigenvalue weighted by molar-refractivity contribution is 7.99. The number of H-pyrrole nitrogens is 1. The van der Waals surface area contributed by atoms with Crippen molar-refractivity contribution in [2.75, 3.05) is 25.3 Å². The summed E-state index contributed by atoms with van der Waals surface area (Å²) in [6.45, 7) is 0. The standard InChI is InChI=1S/C27H25N3O5S/c1-34-21-11-5-17(6-12-21)24-25(18-7-13-22(35-2)14-8-18)30-27(29-24)36-16-15-23(31)28-20-9-3-19(4-10-20)26(32)33/h3-14H,15-16H2,1-2H3,(H,28,31)(H,29,30)(H,32,33). The zero-order chi connectivity index (χ0) is 25.5. The van der Waals surface area contributed by atoms with E-state index in [-0.39, 0.29) is 17.9 Å². The van der Waals surface area contributed by atoms with E-state index in [1.807, 2.05) is 48.5 Å². The molecule has 3 aromatic carbocycles. The molecule has 9 heteroatoms. The van der Waals surface area contributed by atoms with Crippen LogP contribution in [0.1, 0.15) is 16.8 Å². The Hall–Kier alpha value is -4.24. The van der Waals surface area contributed by atoms with Crippen LogP contribution in [0.25, 0.3) is 22.5 Å². The third-order valence-corrected chi connectivity index (χ3v) is 6.28. The minimum atomic E-state index is -1.01. The van der Waals surface area contributed by atoms with Crippen molar-refractivity contribution in [3.63, 3.8) is 0 Å². The summed E-state index contributed by atoms with van der Waals surface area (Å²) < 4.78 is 10.6. The molecule has 4 rings (SSSR count). The van der Waals surface area contributed by atoms with Gasteiger partial charge >= 0.3 is 5.97 Å². The molecule has 1 heterocycles. The van der Waals surface area contributed by atoms with Gasteiger partial charge < -0.3 is 24.9 Å². The Labute approximate surface area is 212 Å². The van der Waals surface area contributed by atoms with E-state index in [1.165, 1.54) is 23.9 Å². The molecule has 0 saturated heterocycles. The number of rotatable bonds is 10. The lowest BCUT2D eigenvalue weighted by Crippen LogP contribution is -2.12. The number of thioether (sulfide) groups is 1. The Morgan fingerprint density at radius 2 is 1.47 bits per heavy atom. The molecule has 0 fully saturated rings. The SMILES string of the molecule is COc1ccc(-c2nc(SCCC(=O)Nc3ccc(C(=O)O)cc3)[nH]c2-c2ccc(OC)cc2)cc1. The topological polar surface area (TPSA) is 114 Å². The van der Waals surface area contributed by atoms with E-state index in [0.717, 1.165) is 34.0 Å². The minimum absolute atomic E-state index is 0.164. The first-order valence-corrected chi connectivity index (χ1v) is 12.1. The van der Waals surface area contributed by atoms with Gasteiger partial charge in [-0.05, 0) is 72.8 Å². The molecule has 1 amide bonds. The van der Waals surface area contributed by atoms with E-state index >= 15 is 0 Å². The van der Waals surface area contributed by atoms with E-state index in [1.54, 1.807) is 26.4 Å². The number of aromatic amines is 1. The van der Waals surface area contributed by atoms with Crippen LogP contribution < -0.4 is 14.8 Å². The number of aromatic carboxylic acids is 1. The number of hydrogen-bond donors (Lipinski definition) is 3. The summed E-state index contributed by atoms with van der Waals surface area (Å²) in [7, 11) is 3.26. The number of ether oxygens (including phenoxy) is 2. The fourth-order valence-corrected chi connectivity index (χ4v) is 4.32. The van der Waals surface area contributed by atoms with Crippen LogP contribution in [-0.4, -0.2) is 46.9 Å². The maximum absolute atomic E-state index is 12.4. The van der Waals surface area contributed by atoms with Gasteiger partial charge in [0.2, 0.25) is 5.91 Å². The Balaban J connectivity index is 1.46. The molecule has 0 unspecified atom stereocenters. The van der Waals surface area contributed by atoms with Crippen molar-refractivity contribution < 1.29 is 24.2 Å². The predicted octanol–water partition coefficient (Wildman–Crippen LogP) is 5.58. The largest absolute Gasteiger partial charge is 0.497 e. The van der Waals surface area contributed by atoms with Crippen molar-refractivity contribution in [1.29, 1.82) is 0 Å². The zero-order valence-electron chi connectivity index (χ0n) is 19.8. The zero-order valence-corrected chi connectivity index (χ0v) is 20.6. The van der Waals surface area contributed by atoms with Crippen LogP contribution in [0.3, 0.4) is 0 Å². The molecule has 36 heavy (non-hydrogen) atoms. The van der Waals surface area contributed by atoms with Gasteiger partial charge in [0.1, 0.15) is 11.5 Å². The van der Waals surface area contributed by atoms with Crippen molar-refractivity contribution in [3.8, 4) is 34.0 Å². The van der Waals surface area contributed by atoms with E-state index in [4.69, 9.17) is 19.6 Å². The number of amides is 1. The molecule has 0 atom stereocenters. The van der Waals surface area contributed by atoms with Gasteiger partial charge in [-0.1, -0.05) is 11.8 Å². The van der Waals surface area contributed by atoms with Gasteiger partial charge in [0, 0.05) is 29.0 Å². The summed E-state index contributed by atoms with van der Waals surface area (Å²) in [6, 6.07) is 21.5. The molecule has 0 bridgehead atoms. The van der Waals surface area contributed by atoms with Gasteiger partial charge in [-0.25, -0.2) is 9.78 Å². The highest BCUT2D eigenvalue weighted by Gasteiger charge is 2.15. The number of hydrogen-bond acceptors (Lipinski definition) is 6. The maximum atomic E-state index is 12.4. The number of anilines is 1. The molecule has 0 aliphatic rings. The quantitative estimate of drug-likeness (QED) is 0.242. The predicted molar refractivity (Wildman–Crippen MR) is 140 cm³/mol. The number of nitrogens with one attached hydrogen (secondary N) is 2. The van der Waals surface area contributed by atoms with Crippen LogP contribution in [0, 0.1) is 0 Å². The summed E-state index contributed by atoms with van der Waals surface area (Å²) in [4.78, 5) is 31.5. The lowest BCUT2D eigenvalue weighted by Gasteiger charge is -2.06. The molecular weight excluding hydrogens is 478 g/mol. The maximum Gasteiger partial charge on any atom is 0.335 e. The first-order valence-electron chi connectivity index (χ1n) is 11.1. The number of carbonyl (C=O) groups is 2. The fourth-order valence-electron chi connectivity index (χ4n) is 3.50. The number of benzene rings is 3. The van der Waals surface area contributed by atoms with Crippen LogP contribution in [0.2, 0.25) is 0 Å². The number of imidazole rings is 1. The second kappa shape index (κ2) is 11.5. The molecule has 1 aromatic heterocycles. The summed E-state index contributed by atoms with van der Waals surface area (Å²) in [5, 5.41) is 12.5.